The molecule has 0 saturated heterocycles. The van der Waals surface area contributed by atoms with Crippen molar-refractivity contribution in [2.75, 3.05) is 7.11 Å². The van der Waals surface area contributed by atoms with Gasteiger partial charge >= 0.3 is 0 Å². The first-order valence-electron chi connectivity index (χ1n) is 9.11. The Hall–Kier alpha value is -1.51. The lowest BCUT2D eigenvalue weighted by Gasteiger charge is -2.54. The molecule has 0 aromatic heterocycles. The van der Waals surface area contributed by atoms with Crippen molar-refractivity contribution >= 4 is 5.78 Å². The summed E-state index contributed by atoms with van der Waals surface area (Å²) in [4.78, 5) is 12.9. The number of Topliss-reactive ketones (excluding diaryl/α,β-unsaturated/α-hetero) is 1. The fourth-order valence-corrected chi connectivity index (χ4v) is 5.33. The van der Waals surface area contributed by atoms with Crippen LogP contribution in [0.3, 0.4) is 0 Å². The summed E-state index contributed by atoms with van der Waals surface area (Å²) in [6.07, 6.45) is 3.86. The molecule has 0 amide bonds. The summed E-state index contributed by atoms with van der Waals surface area (Å²) in [6, 6.07) is 1.98. The Morgan fingerprint density at radius 1 is 1.25 bits per heavy atom. The number of carbonyl (C=O) groups is 1. The first kappa shape index (κ1) is 17.3. The van der Waals surface area contributed by atoms with E-state index in [0.717, 1.165) is 30.4 Å². The first-order valence-corrected chi connectivity index (χ1v) is 9.11. The molecule has 132 valence electrons. The van der Waals surface area contributed by atoms with Gasteiger partial charge in [-0.25, -0.2) is 0 Å². The molecule has 1 N–H and O–H groups in total. The van der Waals surface area contributed by atoms with Gasteiger partial charge in [0.15, 0.2) is 17.3 Å². The van der Waals surface area contributed by atoms with Crippen LogP contribution in [-0.4, -0.2) is 18.0 Å². The molecule has 1 aromatic carbocycles. The summed E-state index contributed by atoms with van der Waals surface area (Å²) < 4.78 is 5.55. The van der Waals surface area contributed by atoms with E-state index < -0.39 is 0 Å². The molecule has 2 atom stereocenters. The summed E-state index contributed by atoms with van der Waals surface area (Å²) >= 11 is 0. The van der Waals surface area contributed by atoms with Crippen LogP contribution in [0.25, 0.3) is 0 Å². The predicted octanol–water partition coefficient (Wildman–Crippen LogP) is 5.19. The number of phenols is 1. The fraction of sp³-hybridized carbons (Fsp3) is 0.667. The highest BCUT2D eigenvalue weighted by atomic mass is 16.5. The van der Waals surface area contributed by atoms with E-state index in [4.69, 9.17) is 4.74 Å². The van der Waals surface area contributed by atoms with Gasteiger partial charge in [0.05, 0.1) is 7.11 Å². The van der Waals surface area contributed by atoms with Crippen molar-refractivity contribution < 1.29 is 14.6 Å². The van der Waals surface area contributed by atoms with E-state index >= 15 is 0 Å². The third kappa shape index (κ3) is 2.28. The summed E-state index contributed by atoms with van der Waals surface area (Å²) in [7, 11) is 1.60. The van der Waals surface area contributed by atoms with Gasteiger partial charge in [-0.05, 0) is 36.2 Å². The maximum atomic E-state index is 12.9. The van der Waals surface area contributed by atoms with Crippen molar-refractivity contribution in [2.24, 2.45) is 11.3 Å². The van der Waals surface area contributed by atoms with Crippen molar-refractivity contribution in [1.82, 2.24) is 0 Å². The SMILES string of the molecule is COc1c(C(C)C)cc2c(c1O)[C@]1(C)CCCC(C)(C)[C@@H]1CC2=O. The molecule has 1 saturated carbocycles. The minimum Gasteiger partial charge on any atom is -0.504 e. The van der Waals surface area contributed by atoms with E-state index in [0.29, 0.717) is 17.7 Å². The molecule has 24 heavy (non-hydrogen) atoms. The van der Waals surface area contributed by atoms with Gasteiger partial charge in [-0.1, -0.05) is 41.0 Å². The molecule has 0 unspecified atom stereocenters. The highest BCUT2D eigenvalue weighted by Gasteiger charge is 2.53. The number of hydrogen-bond acceptors (Lipinski definition) is 3. The number of aromatic hydroxyl groups is 1. The third-order valence-corrected chi connectivity index (χ3v) is 6.60. The molecule has 0 radical (unpaired) electrons. The van der Waals surface area contributed by atoms with Crippen LogP contribution in [0.2, 0.25) is 0 Å². The van der Waals surface area contributed by atoms with E-state index in [1.54, 1.807) is 7.11 Å². The molecule has 3 heteroatoms. The molecule has 3 nitrogen and oxygen atoms in total. The van der Waals surface area contributed by atoms with E-state index in [1.807, 2.05) is 6.07 Å². The zero-order valence-corrected chi connectivity index (χ0v) is 15.8. The van der Waals surface area contributed by atoms with Gasteiger partial charge in [0.2, 0.25) is 0 Å². The molecule has 2 aliphatic carbocycles. The van der Waals surface area contributed by atoms with Crippen LogP contribution in [-0.2, 0) is 5.41 Å². The molecular formula is C21H30O3. The average Bonchev–Trinajstić information content (AvgIpc) is 2.48. The van der Waals surface area contributed by atoms with Gasteiger partial charge < -0.3 is 9.84 Å². The number of methoxy groups -OCH3 is 1. The zero-order chi connectivity index (χ0) is 17.9. The van der Waals surface area contributed by atoms with Crippen LogP contribution in [0.5, 0.6) is 11.5 Å². The standard InChI is InChI=1S/C21H30O3/c1-12(2)13-10-14-15(22)11-16-20(3,4)8-7-9-21(16,5)17(14)18(23)19(13)24-6/h10,12,16,23H,7-9,11H2,1-6H3/t16-,21+/m0/s1. The Bertz CT molecular complexity index is 687. The van der Waals surface area contributed by atoms with Gasteiger partial charge in [0, 0.05) is 28.5 Å². The normalized spacial score (nSPS) is 28.5. The number of phenolic OH excluding ortho intramolecular Hbond substituents is 1. The molecule has 0 heterocycles. The van der Waals surface area contributed by atoms with Gasteiger partial charge in [-0.3, -0.25) is 4.79 Å². The van der Waals surface area contributed by atoms with Crippen molar-refractivity contribution in [2.45, 2.75) is 71.6 Å². The Balaban J connectivity index is 2.30. The Morgan fingerprint density at radius 3 is 2.50 bits per heavy atom. The predicted molar refractivity (Wildman–Crippen MR) is 96.2 cm³/mol. The summed E-state index contributed by atoms with van der Waals surface area (Å²) in [6.45, 7) is 10.9. The third-order valence-electron chi connectivity index (χ3n) is 6.60. The maximum Gasteiger partial charge on any atom is 0.164 e. The zero-order valence-electron chi connectivity index (χ0n) is 15.8. The second-order valence-electron chi connectivity index (χ2n) is 8.86. The van der Waals surface area contributed by atoms with Crippen LogP contribution in [0.15, 0.2) is 6.07 Å². The molecule has 0 spiro atoms. The minimum absolute atomic E-state index is 0.108. The minimum atomic E-state index is -0.169. The molecular weight excluding hydrogens is 300 g/mol. The summed E-state index contributed by atoms with van der Waals surface area (Å²) in [5, 5.41) is 11.1. The molecule has 0 bridgehead atoms. The average molecular weight is 330 g/mol. The first-order chi connectivity index (χ1) is 11.1. The van der Waals surface area contributed by atoms with Gasteiger partial charge in [-0.15, -0.1) is 0 Å². The smallest absolute Gasteiger partial charge is 0.164 e. The van der Waals surface area contributed by atoms with Crippen LogP contribution >= 0.6 is 0 Å². The van der Waals surface area contributed by atoms with Crippen LogP contribution in [0.4, 0.5) is 0 Å². The highest BCUT2D eigenvalue weighted by molar-refractivity contribution is 6.01. The van der Waals surface area contributed by atoms with Crippen molar-refractivity contribution in [3.8, 4) is 11.5 Å². The lowest BCUT2D eigenvalue weighted by molar-refractivity contribution is 0.0354. The molecule has 1 fully saturated rings. The largest absolute Gasteiger partial charge is 0.504 e. The summed E-state index contributed by atoms with van der Waals surface area (Å²) in [5.41, 5.74) is 2.40. The molecule has 3 rings (SSSR count). The van der Waals surface area contributed by atoms with Gasteiger partial charge in [-0.2, -0.15) is 0 Å². The van der Waals surface area contributed by atoms with Crippen molar-refractivity contribution in [3.05, 3.63) is 22.8 Å². The van der Waals surface area contributed by atoms with E-state index in [1.165, 1.54) is 0 Å². The lowest BCUT2D eigenvalue weighted by Crippen LogP contribution is -2.49. The van der Waals surface area contributed by atoms with Crippen LogP contribution in [0.1, 0.15) is 87.7 Å². The quantitative estimate of drug-likeness (QED) is 0.811. The number of benzene rings is 1. The van der Waals surface area contributed by atoms with E-state index in [9.17, 15) is 9.90 Å². The summed E-state index contributed by atoms with van der Waals surface area (Å²) in [5.74, 6) is 1.36. The Kier molecular flexibility index (Phi) is 3.97. The molecule has 1 aromatic rings. The number of fused-ring (bicyclic) bond motifs is 3. The number of rotatable bonds is 2. The fourth-order valence-electron chi connectivity index (χ4n) is 5.33. The Morgan fingerprint density at radius 2 is 1.92 bits per heavy atom. The lowest BCUT2D eigenvalue weighted by atomic mass is 9.50. The van der Waals surface area contributed by atoms with Crippen molar-refractivity contribution in [1.29, 1.82) is 0 Å². The molecule has 2 aliphatic rings. The highest BCUT2D eigenvalue weighted by Crippen LogP contribution is 2.60. The second-order valence-corrected chi connectivity index (χ2v) is 8.86. The number of hydrogen-bond donors (Lipinski definition) is 1. The second kappa shape index (κ2) is 5.50. The van der Waals surface area contributed by atoms with E-state index in [-0.39, 0.29) is 34.2 Å². The number of ether oxygens (including phenoxy) is 1. The number of carbonyl (C=O) groups excluding carboxylic acids is 1. The van der Waals surface area contributed by atoms with E-state index in [2.05, 4.69) is 34.6 Å². The monoisotopic (exact) mass is 330 g/mol. The Labute approximate surface area is 145 Å². The number of ketones is 1. The molecule has 0 aliphatic heterocycles. The van der Waals surface area contributed by atoms with Gasteiger partial charge in [0.25, 0.3) is 0 Å². The topological polar surface area (TPSA) is 46.5 Å². The van der Waals surface area contributed by atoms with Crippen molar-refractivity contribution in [3.63, 3.8) is 0 Å². The maximum absolute atomic E-state index is 12.9. The van der Waals surface area contributed by atoms with Crippen LogP contribution in [0, 0.1) is 11.3 Å². The van der Waals surface area contributed by atoms with Gasteiger partial charge in [0.1, 0.15) is 0 Å². The van der Waals surface area contributed by atoms with Crippen LogP contribution < -0.4 is 4.74 Å².